The van der Waals surface area contributed by atoms with Gasteiger partial charge in [0.05, 0.1) is 11.9 Å². The zero-order valence-electron chi connectivity index (χ0n) is 10.4. The highest BCUT2D eigenvalue weighted by Gasteiger charge is 2.21. The first-order chi connectivity index (χ1) is 8.75. The molecular formula is C14H16BrN3. The summed E-state index contributed by atoms with van der Waals surface area (Å²) in [6.45, 7) is 2.15. The second-order valence-electron chi connectivity index (χ2n) is 4.76. The molecule has 1 aliphatic heterocycles. The predicted molar refractivity (Wildman–Crippen MR) is 76.6 cm³/mol. The summed E-state index contributed by atoms with van der Waals surface area (Å²) in [5.74, 6) is 1.75. The van der Waals surface area contributed by atoms with Crippen molar-refractivity contribution in [1.29, 1.82) is 0 Å². The van der Waals surface area contributed by atoms with E-state index in [1.54, 1.807) is 0 Å². The van der Waals surface area contributed by atoms with Crippen LogP contribution < -0.4 is 5.32 Å². The smallest absolute Gasteiger partial charge is 0.113 e. The van der Waals surface area contributed by atoms with E-state index in [0.29, 0.717) is 5.92 Å². The highest BCUT2D eigenvalue weighted by atomic mass is 79.9. The Balaban J connectivity index is 1.96. The number of imidazole rings is 1. The Morgan fingerprint density at radius 3 is 2.78 bits per heavy atom. The number of hydrogen-bond donors (Lipinski definition) is 1. The lowest BCUT2D eigenvalue weighted by Gasteiger charge is -2.10. The number of hydrogen-bond acceptors (Lipinski definition) is 2. The van der Waals surface area contributed by atoms with Crippen LogP contribution in [-0.4, -0.2) is 22.6 Å². The number of aromatic nitrogens is 2. The Morgan fingerprint density at radius 1 is 1.33 bits per heavy atom. The third-order valence-electron chi connectivity index (χ3n) is 3.59. The summed E-state index contributed by atoms with van der Waals surface area (Å²) in [6.07, 6.45) is 3.17. The first kappa shape index (κ1) is 11.9. The predicted octanol–water partition coefficient (Wildman–Crippen LogP) is 2.93. The third-order valence-corrected chi connectivity index (χ3v) is 4.12. The molecule has 3 nitrogen and oxygen atoms in total. The van der Waals surface area contributed by atoms with Crippen LogP contribution in [-0.2, 0) is 7.05 Å². The van der Waals surface area contributed by atoms with Crippen LogP contribution in [0.5, 0.6) is 0 Å². The second-order valence-corrected chi connectivity index (χ2v) is 5.67. The Labute approximate surface area is 115 Å². The van der Waals surface area contributed by atoms with Gasteiger partial charge in [0.2, 0.25) is 0 Å². The molecule has 0 amide bonds. The van der Waals surface area contributed by atoms with E-state index in [1.165, 1.54) is 23.5 Å². The van der Waals surface area contributed by atoms with Gasteiger partial charge >= 0.3 is 0 Å². The van der Waals surface area contributed by atoms with Crippen LogP contribution in [0, 0.1) is 0 Å². The molecule has 1 unspecified atom stereocenters. The van der Waals surface area contributed by atoms with E-state index in [1.807, 2.05) is 6.20 Å². The lowest BCUT2D eigenvalue weighted by atomic mass is 10.1. The van der Waals surface area contributed by atoms with Gasteiger partial charge in [0.25, 0.3) is 0 Å². The summed E-state index contributed by atoms with van der Waals surface area (Å²) < 4.78 is 3.33. The topological polar surface area (TPSA) is 29.9 Å². The Hall–Kier alpha value is -1.13. The zero-order chi connectivity index (χ0) is 12.5. The molecular weight excluding hydrogens is 290 g/mol. The molecule has 0 spiro atoms. The van der Waals surface area contributed by atoms with Crippen LogP contribution in [0.1, 0.15) is 18.2 Å². The van der Waals surface area contributed by atoms with Gasteiger partial charge in [-0.1, -0.05) is 28.1 Å². The molecule has 1 aromatic heterocycles. The SMILES string of the molecule is Cn1c(-c2ccc(Br)cc2)cnc1C1CCNC1. The summed E-state index contributed by atoms with van der Waals surface area (Å²) in [7, 11) is 2.11. The molecule has 0 saturated carbocycles. The highest BCUT2D eigenvalue weighted by molar-refractivity contribution is 9.10. The zero-order valence-corrected chi connectivity index (χ0v) is 11.9. The van der Waals surface area contributed by atoms with Gasteiger partial charge in [0.1, 0.15) is 5.82 Å². The van der Waals surface area contributed by atoms with Crippen molar-refractivity contribution in [2.24, 2.45) is 7.05 Å². The maximum Gasteiger partial charge on any atom is 0.113 e. The minimum Gasteiger partial charge on any atom is -0.331 e. The molecule has 18 heavy (non-hydrogen) atoms. The fourth-order valence-electron chi connectivity index (χ4n) is 2.57. The summed E-state index contributed by atoms with van der Waals surface area (Å²) >= 11 is 3.46. The van der Waals surface area contributed by atoms with Crippen LogP contribution in [0.3, 0.4) is 0 Å². The molecule has 1 fully saturated rings. The summed E-state index contributed by atoms with van der Waals surface area (Å²) in [4.78, 5) is 4.61. The monoisotopic (exact) mass is 305 g/mol. The van der Waals surface area contributed by atoms with Crippen molar-refractivity contribution in [2.45, 2.75) is 12.3 Å². The molecule has 94 valence electrons. The van der Waals surface area contributed by atoms with Gasteiger partial charge in [0, 0.05) is 24.0 Å². The Bertz CT molecular complexity index is 539. The first-order valence-electron chi connectivity index (χ1n) is 6.24. The lowest BCUT2D eigenvalue weighted by Crippen LogP contribution is -2.11. The van der Waals surface area contributed by atoms with Crippen molar-refractivity contribution in [1.82, 2.24) is 14.9 Å². The van der Waals surface area contributed by atoms with Crippen LogP contribution in [0.25, 0.3) is 11.3 Å². The van der Waals surface area contributed by atoms with Crippen molar-refractivity contribution < 1.29 is 0 Å². The average Bonchev–Trinajstić information content (AvgIpc) is 2.99. The van der Waals surface area contributed by atoms with E-state index in [9.17, 15) is 0 Å². The average molecular weight is 306 g/mol. The molecule has 0 radical (unpaired) electrons. The van der Waals surface area contributed by atoms with Crippen LogP contribution >= 0.6 is 15.9 Å². The van der Waals surface area contributed by atoms with Gasteiger partial charge in [0.15, 0.2) is 0 Å². The molecule has 1 N–H and O–H groups in total. The van der Waals surface area contributed by atoms with Gasteiger partial charge in [-0.25, -0.2) is 4.98 Å². The highest BCUT2D eigenvalue weighted by Crippen LogP contribution is 2.27. The minimum atomic E-state index is 0.555. The van der Waals surface area contributed by atoms with Gasteiger partial charge < -0.3 is 9.88 Å². The quantitative estimate of drug-likeness (QED) is 0.924. The Kier molecular flexibility index (Phi) is 3.22. The van der Waals surface area contributed by atoms with Crippen molar-refractivity contribution in [3.8, 4) is 11.3 Å². The molecule has 2 heterocycles. The normalized spacial score (nSPS) is 19.3. The van der Waals surface area contributed by atoms with E-state index < -0.39 is 0 Å². The standard InChI is InChI=1S/C14H16BrN3/c1-18-13(10-2-4-12(15)5-3-10)9-17-14(18)11-6-7-16-8-11/h2-5,9,11,16H,6-8H2,1H3. The maximum atomic E-state index is 4.61. The van der Waals surface area contributed by atoms with Crippen molar-refractivity contribution in [3.05, 3.63) is 40.8 Å². The number of benzene rings is 1. The summed E-state index contributed by atoms with van der Waals surface area (Å²) in [5, 5.41) is 3.39. The molecule has 1 aromatic carbocycles. The van der Waals surface area contributed by atoms with E-state index in [-0.39, 0.29) is 0 Å². The van der Waals surface area contributed by atoms with E-state index >= 15 is 0 Å². The molecule has 0 bridgehead atoms. The van der Waals surface area contributed by atoms with Crippen LogP contribution in [0.4, 0.5) is 0 Å². The first-order valence-corrected chi connectivity index (χ1v) is 7.03. The lowest BCUT2D eigenvalue weighted by molar-refractivity contribution is 0.662. The summed E-state index contributed by atoms with van der Waals surface area (Å²) in [6, 6.07) is 8.38. The molecule has 2 aromatic rings. The van der Waals surface area contributed by atoms with Gasteiger partial charge in [-0.2, -0.15) is 0 Å². The van der Waals surface area contributed by atoms with Gasteiger partial charge in [-0.3, -0.25) is 0 Å². The third kappa shape index (κ3) is 2.10. The fourth-order valence-corrected chi connectivity index (χ4v) is 2.83. The van der Waals surface area contributed by atoms with Crippen LogP contribution in [0.15, 0.2) is 34.9 Å². The largest absolute Gasteiger partial charge is 0.331 e. The van der Waals surface area contributed by atoms with E-state index in [0.717, 1.165) is 17.6 Å². The number of rotatable bonds is 2. The second kappa shape index (κ2) is 4.86. The van der Waals surface area contributed by atoms with E-state index in [4.69, 9.17) is 0 Å². The molecule has 1 aliphatic rings. The minimum absolute atomic E-state index is 0.555. The molecule has 1 saturated heterocycles. The van der Waals surface area contributed by atoms with Crippen molar-refractivity contribution in [3.63, 3.8) is 0 Å². The van der Waals surface area contributed by atoms with Gasteiger partial charge in [-0.05, 0) is 30.7 Å². The molecule has 4 heteroatoms. The van der Waals surface area contributed by atoms with E-state index in [2.05, 4.69) is 62.1 Å². The molecule has 1 atom stereocenters. The van der Waals surface area contributed by atoms with Gasteiger partial charge in [-0.15, -0.1) is 0 Å². The summed E-state index contributed by atoms with van der Waals surface area (Å²) in [5.41, 5.74) is 2.40. The number of nitrogens with zero attached hydrogens (tertiary/aromatic N) is 2. The number of halogens is 1. The molecule has 0 aliphatic carbocycles. The van der Waals surface area contributed by atoms with Crippen molar-refractivity contribution in [2.75, 3.05) is 13.1 Å². The number of nitrogens with one attached hydrogen (secondary N) is 1. The Morgan fingerprint density at radius 2 is 2.11 bits per heavy atom. The maximum absolute atomic E-state index is 4.61. The van der Waals surface area contributed by atoms with Crippen LogP contribution in [0.2, 0.25) is 0 Å². The fraction of sp³-hybridized carbons (Fsp3) is 0.357. The molecule has 3 rings (SSSR count). The van der Waals surface area contributed by atoms with Crippen molar-refractivity contribution >= 4 is 15.9 Å².